The normalized spacial score (nSPS) is 12.7. The highest BCUT2D eigenvalue weighted by molar-refractivity contribution is 5.83. The molecule has 0 spiro atoms. The zero-order valence-electron chi connectivity index (χ0n) is 12.6. The maximum atomic E-state index is 8.61. The Labute approximate surface area is 124 Å². The van der Waals surface area contributed by atoms with E-state index in [0.29, 0.717) is 13.2 Å². The second-order valence-electron chi connectivity index (χ2n) is 4.89. The van der Waals surface area contributed by atoms with Crippen molar-refractivity contribution in [2.45, 2.75) is 19.4 Å². The van der Waals surface area contributed by atoms with E-state index in [-0.39, 0.29) is 12.6 Å². The maximum absolute atomic E-state index is 8.61. The highest BCUT2D eigenvalue weighted by Gasteiger charge is 2.13. The highest BCUT2D eigenvalue weighted by atomic mass is 16.5. The summed E-state index contributed by atoms with van der Waals surface area (Å²) in [6.07, 6.45) is 0.897. The van der Waals surface area contributed by atoms with Crippen LogP contribution in [0.5, 0.6) is 5.75 Å². The summed E-state index contributed by atoms with van der Waals surface area (Å²) in [4.78, 5) is 0. The predicted octanol–water partition coefficient (Wildman–Crippen LogP) is 2.49. The van der Waals surface area contributed by atoms with Gasteiger partial charge in [0.05, 0.1) is 26.4 Å². The Kier molecular flexibility index (Phi) is 6.04. The van der Waals surface area contributed by atoms with Gasteiger partial charge in [-0.2, -0.15) is 0 Å². The molecule has 0 radical (unpaired) electrons. The molecule has 1 heterocycles. The molecule has 1 aromatic heterocycles. The Hall–Kier alpha value is -1.56. The fourth-order valence-electron chi connectivity index (χ4n) is 2.19. The number of fused-ring (bicyclic) bond motifs is 1. The van der Waals surface area contributed by atoms with Crippen molar-refractivity contribution in [1.82, 2.24) is 5.32 Å². The number of ether oxygens (including phenoxy) is 2. The number of benzene rings is 1. The van der Waals surface area contributed by atoms with Crippen molar-refractivity contribution in [3.05, 3.63) is 30.0 Å². The van der Waals surface area contributed by atoms with Gasteiger partial charge < -0.3 is 24.3 Å². The van der Waals surface area contributed by atoms with E-state index >= 15 is 0 Å². The summed E-state index contributed by atoms with van der Waals surface area (Å²) in [7, 11) is 1.64. The van der Waals surface area contributed by atoms with E-state index in [4.69, 9.17) is 19.0 Å². The standard InChI is InChI=1S/C16H23NO4/c1-12(17-7-4-9-20-10-8-18)15-11-13-5-3-6-14(19-2)16(13)21-15/h3,5-6,11-12,17-18H,4,7-10H2,1-2H3. The molecule has 0 aliphatic rings. The topological polar surface area (TPSA) is 63.9 Å². The van der Waals surface area contributed by atoms with Gasteiger partial charge in [0, 0.05) is 12.0 Å². The number of hydrogen-bond acceptors (Lipinski definition) is 5. The summed E-state index contributed by atoms with van der Waals surface area (Å²) in [5.41, 5.74) is 0.787. The highest BCUT2D eigenvalue weighted by Crippen LogP contribution is 2.30. The molecule has 2 N–H and O–H groups in total. The van der Waals surface area contributed by atoms with Crippen molar-refractivity contribution in [2.24, 2.45) is 0 Å². The van der Waals surface area contributed by atoms with Crippen LogP contribution in [0.25, 0.3) is 11.0 Å². The molecule has 5 heteroatoms. The first-order valence-corrected chi connectivity index (χ1v) is 7.24. The zero-order chi connectivity index (χ0) is 15.1. The summed E-state index contributed by atoms with van der Waals surface area (Å²) in [6, 6.07) is 8.03. The molecule has 0 amide bonds. The monoisotopic (exact) mass is 293 g/mol. The molecule has 1 unspecified atom stereocenters. The minimum Gasteiger partial charge on any atom is -0.493 e. The van der Waals surface area contributed by atoms with Crippen LogP contribution in [-0.4, -0.2) is 38.6 Å². The van der Waals surface area contributed by atoms with Crippen molar-refractivity contribution < 1.29 is 19.0 Å². The zero-order valence-corrected chi connectivity index (χ0v) is 12.6. The van der Waals surface area contributed by atoms with Gasteiger partial charge in [-0.3, -0.25) is 0 Å². The fraction of sp³-hybridized carbons (Fsp3) is 0.500. The summed E-state index contributed by atoms with van der Waals surface area (Å²) in [5.74, 6) is 1.65. The van der Waals surface area contributed by atoms with Crippen LogP contribution in [0.3, 0.4) is 0 Å². The molecule has 1 aromatic carbocycles. The summed E-state index contributed by atoms with van der Waals surface area (Å²) in [5, 5.41) is 13.1. The van der Waals surface area contributed by atoms with E-state index in [9.17, 15) is 0 Å². The molecule has 0 saturated heterocycles. The number of para-hydroxylation sites is 1. The van der Waals surface area contributed by atoms with E-state index in [1.165, 1.54) is 0 Å². The van der Waals surface area contributed by atoms with Crippen LogP contribution in [-0.2, 0) is 4.74 Å². The van der Waals surface area contributed by atoms with Crippen LogP contribution in [0.4, 0.5) is 0 Å². The first-order valence-electron chi connectivity index (χ1n) is 7.24. The van der Waals surface area contributed by atoms with Crippen molar-refractivity contribution in [3.8, 4) is 5.75 Å². The summed E-state index contributed by atoms with van der Waals surface area (Å²) in [6.45, 7) is 4.03. The van der Waals surface area contributed by atoms with Gasteiger partial charge in [0.2, 0.25) is 0 Å². The molecule has 5 nitrogen and oxygen atoms in total. The second kappa shape index (κ2) is 8.02. The molecule has 0 fully saturated rings. The lowest BCUT2D eigenvalue weighted by atomic mass is 10.2. The molecule has 116 valence electrons. The lowest BCUT2D eigenvalue weighted by Gasteiger charge is -2.11. The van der Waals surface area contributed by atoms with Crippen LogP contribution in [0.1, 0.15) is 25.1 Å². The van der Waals surface area contributed by atoms with Gasteiger partial charge in [0.1, 0.15) is 5.76 Å². The molecule has 0 aliphatic carbocycles. The number of nitrogens with one attached hydrogen (secondary N) is 1. The van der Waals surface area contributed by atoms with Crippen LogP contribution < -0.4 is 10.1 Å². The van der Waals surface area contributed by atoms with Crippen LogP contribution in [0.15, 0.2) is 28.7 Å². The lowest BCUT2D eigenvalue weighted by Crippen LogP contribution is -2.20. The minimum atomic E-state index is 0.0741. The van der Waals surface area contributed by atoms with Gasteiger partial charge in [0.25, 0.3) is 0 Å². The molecule has 2 rings (SSSR count). The number of rotatable bonds is 9. The van der Waals surface area contributed by atoms with E-state index in [1.54, 1.807) is 7.11 Å². The third kappa shape index (κ3) is 4.20. The Balaban J connectivity index is 1.89. The molecule has 1 atom stereocenters. The molecule has 0 aliphatic heterocycles. The molecular weight excluding hydrogens is 270 g/mol. The maximum Gasteiger partial charge on any atom is 0.176 e. The molecular formula is C16H23NO4. The number of methoxy groups -OCH3 is 1. The van der Waals surface area contributed by atoms with Crippen molar-refractivity contribution in [2.75, 3.05) is 33.5 Å². The smallest absolute Gasteiger partial charge is 0.176 e. The second-order valence-corrected chi connectivity index (χ2v) is 4.89. The minimum absolute atomic E-state index is 0.0741. The quantitative estimate of drug-likeness (QED) is 0.695. The average molecular weight is 293 g/mol. The first-order chi connectivity index (χ1) is 10.3. The van der Waals surface area contributed by atoms with Gasteiger partial charge in [-0.05, 0) is 32.0 Å². The van der Waals surface area contributed by atoms with Gasteiger partial charge in [-0.15, -0.1) is 0 Å². The Morgan fingerprint density at radius 3 is 2.95 bits per heavy atom. The fourth-order valence-corrected chi connectivity index (χ4v) is 2.19. The molecule has 0 saturated carbocycles. The van der Waals surface area contributed by atoms with Crippen molar-refractivity contribution in [3.63, 3.8) is 0 Å². The van der Waals surface area contributed by atoms with Gasteiger partial charge in [0.15, 0.2) is 11.3 Å². The van der Waals surface area contributed by atoms with Crippen LogP contribution in [0, 0.1) is 0 Å². The van der Waals surface area contributed by atoms with Crippen molar-refractivity contribution in [1.29, 1.82) is 0 Å². The predicted molar refractivity (Wildman–Crippen MR) is 81.7 cm³/mol. The van der Waals surface area contributed by atoms with Gasteiger partial charge in [-0.1, -0.05) is 12.1 Å². The van der Waals surface area contributed by atoms with Crippen molar-refractivity contribution >= 4 is 11.0 Å². The number of aliphatic hydroxyl groups is 1. The lowest BCUT2D eigenvalue weighted by molar-refractivity contribution is 0.0903. The Morgan fingerprint density at radius 2 is 2.19 bits per heavy atom. The number of furan rings is 1. The molecule has 21 heavy (non-hydrogen) atoms. The molecule has 2 aromatic rings. The average Bonchev–Trinajstić information content (AvgIpc) is 2.94. The number of aliphatic hydroxyl groups excluding tert-OH is 1. The Morgan fingerprint density at radius 1 is 1.33 bits per heavy atom. The summed E-state index contributed by atoms with van der Waals surface area (Å²) >= 11 is 0. The van der Waals surface area contributed by atoms with E-state index in [2.05, 4.69) is 12.2 Å². The first kappa shape index (κ1) is 15.8. The van der Waals surface area contributed by atoms with Gasteiger partial charge in [-0.25, -0.2) is 0 Å². The van der Waals surface area contributed by atoms with E-state index < -0.39 is 0 Å². The molecule has 0 bridgehead atoms. The van der Waals surface area contributed by atoms with Gasteiger partial charge >= 0.3 is 0 Å². The van der Waals surface area contributed by atoms with E-state index in [1.807, 2.05) is 24.3 Å². The van der Waals surface area contributed by atoms with Crippen LogP contribution >= 0.6 is 0 Å². The Bertz CT molecular complexity index is 552. The third-order valence-corrected chi connectivity index (χ3v) is 3.33. The third-order valence-electron chi connectivity index (χ3n) is 3.33. The number of hydrogen-bond donors (Lipinski definition) is 2. The van der Waals surface area contributed by atoms with Crippen LogP contribution in [0.2, 0.25) is 0 Å². The summed E-state index contributed by atoms with van der Waals surface area (Å²) < 4.78 is 16.4. The SMILES string of the molecule is COc1cccc2cc(C(C)NCCCOCCO)oc12. The van der Waals surface area contributed by atoms with E-state index in [0.717, 1.165) is 35.4 Å². The largest absolute Gasteiger partial charge is 0.493 e.